The smallest absolute Gasteiger partial charge is 0.230 e. The number of carbonyl (C=O) groups is 1. The summed E-state index contributed by atoms with van der Waals surface area (Å²) in [6.07, 6.45) is 1.61. The molecule has 0 saturated heterocycles. The standard InChI is InChI=1S/C24H30FN5OS/c1-4-21(29(2)3)23-27-28-24(30(23)16-19-8-6-5-7-9-19)32-17-22(31)26-15-14-18-10-12-20(25)13-11-18/h5-13,21H,4,14-17H2,1-3H3,(H,26,31)/p+1/t21-/m1/s1. The van der Waals surface area contributed by atoms with Crippen LogP contribution in [0.3, 0.4) is 0 Å². The molecular formula is C24H31FN5OS+. The number of hydrogen-bond acceptors (Lipinski definition) is 4. The predicted molar refractivity (Wildman–Crippen MR) is 125 cm³/mol. The third-order valence-corrected chi connectivity index (χ3v) is 6.29. The highest BCUT2D eigenvalue weighted by atomic mass is 32.2. The zero-order valence-corrected chi connectivity index (χ0v) is 19.7. The summed E-state index contributed by atoms with van der Waals surface area (Å²) in [6.45, 7) is 3.33. The van der Waals surface area contributed by atoms with Gasteiger partial charge < -0.3 is 10.2 Å². The maximum absolute atomic E-state index is 13.0. The molecule has 1 aromatic heterocycles. The molecule has 1 heterocycles. The second-order valence-electron chi connectivity index (χ2n) is 7.97. The van der Waals surface area contributed by atoms with Crippen LogP contribution in [0.1, 0.15) is 36.3 Å². The number of aromatic nitrogens is 3. The van der Waals surface area contributed by atoms with Crippen LogP contribution in [0.2, 0.25) is 0 Å². The van der Waals surface area contributed by atoms with Crippen LogP contribution in [0.4, 0.5) is 4.39 Å². The second-order valence-corrected chi connectivity index (χ2v) is 8.91. The van der Waals surface area contributed by atoms with Gasteiger partial charge in [0.05, 0.1) is 26.4 Å². The van der Waals surface area contributed by atoms with E-state index < -0.39 is 0 Å². The number of hydrogen-bond donors (Lipinski definition) is 2. The molecule has 32 heavy (non-hydrogen) atoms. The van der Waals surface area contributed by atoms with E-state index in [9.17, 15) is 9.18 Å². The summed E-state index contributed by atoms with van der Waals surface area (Å²) in [5.41, 5.74) is 2.16. The molecule has 2 aromatic carbocycles. The Hall–Kier alpha value is -2.71. The Bertz CT molecular complexity index is 991. The van der Waals surface area contributed by atoms with Crippen molar-refractivity contribution in [1.82, 2.24) is 20.1 Å². The summed E-state index contributed by atoms with van der Waals surface area (Å²) >= 11 is 1.40. The first-order chi connectivity index (χ1) is 15.5. The van der Waals surface area contributed by atoms with E-state index in [1.54, 1.807) is 12.1 Å². The van der Waals surface area contributed by atoms with Crippen molar-refractivity contribution < 1.29 is 14.1 Å². The lowest BCUT2D eigenvalue weighted by atomic mass is 10.1. The number of nitrogens with one attached hydrogen (secondary N) is 2. The molecule has 0 fully saturated rings. The van der Waals surface area contributed by atoms with Crippen molar-refractivity contribution in [2.45, 2.75) is 37.5 Å². The van der Waals surface area contributed by atoms with Crippen molar-refractivity contribution in [1.29, 1.82) is 0 Å². The molecule has 3 rings (SSSR count). The molecule has 0 spiro atoms. The van der Waals surface area contributed by atoms with Gasteiger partial charge in [0.2, 0.25) is 5.91 Å². The van der Waals surface area contributed by atoms with Crippen LogP contribution in [-0.4, -0.2) is 47.1 Å². The van der Waals surface area contributed by atoms with E-state index in [0.717, 1.165) is 23.0 Å². The van der Waals surface area contributed by atoms with Crippen molar-refractivity contribution in [2.75, 3.05) is 26.4 Å². The molecule has 8 heteroatoms. The molecule has 0 aliphatic carbocycles. The molecule has 0 unspecified atom stereocenters. The van der Waals surface area contributed by atoms with E-state index in [0.29, 0.717) is 19.5 Å². The van der Waals surface area contributed by atoms with Crippen LogP contribution in [0, 0.1) is 5.82 Å². The topological polar surface area (TPSA) is 64.2 Å². The number of rotatable bonds is 11. The normalized spacial score (nSPS) is 12.2. The monoisotopic (exact) mass is 456 g/mol. The lowest BCUT2D eigenvalue weighted by molar-refractivity contribution is -0.893. The van der Waals surface area contributed by atoms with Crippen molar-refractivity contribution in [2.24, 2.45) is 0 Å². The van der Waals surface area contributed by atoms with E-state index in [4.69, 9.17) is 0 Å². The van der Waals surface area contributed by atoms with Crippen LogP contribution in [0.25, 0.3) is 0 Å². The third kappa shape index (κ3) is 6.64. The van der Waals surface area contributed by atoms with Gasteiger partial charge in [0.15, 0.2) is 11.0 Å². The molecular weight excluding hydrogens is 425 g/mol. The summed E-state index contributed by atoms with van der Waals surface area (Å²) in [4.78, 5) is 13.7. The maximum atomic E-state index is 13.0. The van der Waals surface area contributed by atoms with Crippen LogP contribution < -0.4 is 10.2 Å². The summed E-state index contributed by atoms with van der Waals surface area (Å²) in [7, 11) is 4.24. The number of nitrogens with zero attached hydrogens (tertiary/aromatic N) is 3. The average Bonchev–Trinajstić information content (AvgIpc) is 3.16. The Morgan fingerprint density at radius 1 is 1.09 bits per heavy atom. The lowest BCUT2D eigenvalue weighted by Gasteiger charge is -2.20. The molecule has 0 radical (unpaired) electrons. The van der Waals surface area contributed by atoms with Gasteiger partial charge in [-0.3, -0.25) is 9.36 Å². The largest absolute Gasteiger partial charge is 0.355 e. The van der Waals surface area contributed by atoms with Crippen molar-refractivity contribution >= 4 is 17.7 Å². The molecule has 0 saturated carbocycles. The zero-order valence-electron chi connectivity index (χ0n) is 18.8. The van der Waals surface area contributed by atoms with Crippen molar-refractivity contribution in [3.63, 3.8) is 0 Å². The fourth-order valence-corrected chi connectivity index (χ4v) is 4.38. The van der Waals surface area contributed by atoms with E-state index in [1.807, 2.05) is 18.2 Å². The fourth-order valence-electron chi connectivity index (χ4n) is 3.61. The highest BCUT2D eigenvalue weighted by Crippen LogP contribution is 2.22. The highest BCUT2D eigenvalue weighted by molar-refractivity contribution is 7.99. The maximum Gasteiger partial charge on any atom is 0.230 e. The molecule has 170 valence electrons. The van der Waals surface area contributed by atoms with Gasteiger partial charge in [-0.15, -0.1) is 10.2 Å². The van der Waals surface area contributed by atoms with Crippen molar-refractivity contribution in [3.8, 4) is 0 Å². The lowest BCUT2D eigenvalue weighted by Crippen LogP contribution is -3.06. The molecule has 2 N–H and O–H groups in total. The molecule has 1 atom stereocenters. The number of amides is 1. The predicted octanol–water partition coefficient (Wildman–Crippen LogP) is 2.51. The first-order valence-corrected chi connectivity index (χ1v) is 11.9. The van der Waals surface area contributed by atoms with Crippen LogP contribution in [-0.2, 0) is 17.8 Å². The summed E-state index contributed by atoms with van der Waals surface area (Å²) in [6, 6.07) is 16.8. The average molecular weight is 457 g/mol. The summed E-state index contributed by atoms with van der Waals surface area (Å²) < 4.78 is 15.1. The quantitative estimate of drug-likeness (QED) is 0.435. The van der Waals surface area contributed by atoms with Gasteiger partial charge >= 0.3 is 0 Å². The minimum absolute atomic E-state index is 0.0572. The molecule has 6 nitrogen and oxygen atoms in total. The number of benzene rings is 2. The SMILES string of the molecule is CC[C@H](c1nnc(SCC(=O)NCCc2ccc(F)cc2)n1Cc1ccccc1)[NH+](C)C. The minimum atomic E-state index is -0.255. The van der Waals surface area contributed by atoms with Crippen molar-refractivity contribution in [3.05, 3.63) is 77.4 Å². The van der Waals surface area contributed by atoms with Gasteiger partial charge in [0, 0.05) is 13.0 Å². The zero-order chi connectivity index (χ0) is 22.9. The van der Waals surface area contributed by atoms with Crippen LogP contribution >= 0.6 is 11.8 Å². The third-order valence-electron chi connectivity index (χ3n) is 5.33. The number of thioether (sulfide) groups is 1. The number of quaternary nitrogens is 1. The van der Waals surface area contributed by atoms with Gasteiger partial charge in [-0.25, -0.2) is 4.39 Å². The van der Waals surface area contributed by atoms with E-state index in [2.05, 4.69) is 53.2 Å². The van der Waals surface area contributed by atoms with Gasteiger partial charge in [-0.05, 0) is 29.7 Å². The molecule has 0 aliphatic rings. The Kier molecular flexibility index (Phi) is 8.81. The number of halogens is 1. The minimum Gasteiger partial charge on any atom is -0.355 e. The fraction of sp³-hybridized carbons (Fsp3) is 0.375. The Morgan fingerprint density at radius 2 is 1.81 bits per heavy atom. The Labute approximate surface area is 193 Å². The number of carbonyl (C=O) groups excluding carboxylic acids is 1. The summed E-state index contributed by atoms with van der Waals surface area (Å²) in [5, 5.41) is 12.6. The van der Waals surface area contributed by atoms with E-state index in [1.165, 1.54) is 34.4 Å². The Morgan fingerprint density at radius 3 is 2.47 bits per heavy atom. The van der Waals surface area contributed by atoms with Gasteiger partial charge in [0.1, 0.15) is 11.9 Å². The second kappa shape index (κ2) is 11.8. The van der Waals surface area contributed by atoms with Gasteiger partial charge in [0.25, 0.3) is 0 Å². The first kappa shape index (κ1) is 23.9. The van der Waals surface area contributed by atoms with E-state index >= 15 is 0 Å². The van der Waals surface area contributed by atoms with Crippen LogP contribution in [0.5, 0.6) is 0 Å². The Balaban J connectivity index is 1.63. The first-order valence-electron chi connectivity index (χ1n) is 10.9. The molecule has 1 amide bonds. The highest BCUT2D eigenvalue weighted by Gasteiger charge is 2.25. The van der Waals surface area contributed by atoms with Gasteiger partial charge in [-0.1, -0.05) is 61.2 Å². The molecule has 3 aromatic rings. The van der Waals surface area contributed by atoms with E-state index in [-0.39, 0.29) is 23.5 Å². The van der Waals surface area contributed by atoms with Gasteiger partial charge in [-0.2, -0.15) is 0 Å². The van der Waals surface area contributed by atoms with Crippen LogP contribution in [0.15, 0.2) is 59.8 Å². The molecule has 0 aliphatic heterocycles. The summed E-state index contributed by atoms with van der Waals surface area (Å²) in [5.74, 6) is 0.894. The molecule has 0 bridgehead atoms.